The number of hydrogen-bond acceptors (Lipinski definition) is 0. The van der Waals surface area contributed by atoms with Gasteiger partial charge in [0.15, 0.2) is 0 Å². The Morgan fingerprint density at radius 1 is 1.06 bits per heavy atom. The van der Waals surface area contributed by atoms with Gasteiger partial charge in [0.1, 0.15) is 0 Å². The summed E-state index contributed by atoms with van der Waals surface area (Å²) in [5, 5.41) is 1.27. The molecule has 2 aliphatic carbocycles. The maximum Gasteiger partial charge on any atom is 0.00906 e. The standard InChI is InChI=1S/C16H29Br/c1-2-3-6-14-9-11-16(13-17,12-10-14)15-7-4-5-8-15/h14-15H,2-13H2,1H3. The Bertz CT molecular complexity index is 210. The van der Waals surface area contributed by atoms with Gasteiger partial charge in [-0.2, -0.15) is 0 Å². The second-order valence-corrected chi connectivity index (χ2v) is 7.12. The fourth-order valence-corrected chi connectivity index (χ4v) is 5.24. The first kappa shape index (κ1) is 13.9. The molecule has 100 valence electrons. The normalized spacial score (nSPS) is 35.3. The van der Waals surface area contributed by atoms with Gasteiger partial charge in [0.25, 0.3) is 0 Å². The van der Waals surface area contributed by atoms with Gasteiger partial charge in [-0.25, -0.2) is 0 Å². The molecule has 1 heteroatoms. The molecular weight excluding hydrogens is 272 g/mol. The minimum absolute atomic E-state index is 0.694. The highest BCUT2D eigenvalue weighted by molar-refractivity contribution is 9.09. The van der Waals surface area contributed by atoms with E-state index in [0.29, 0.717) is 5.41 Å². The lowest BCUT2D eigenvalue weighted by Crippen LogP contribution is -2.35. The SMILES string of the molecule is CCCCC1CCC(CBr)(C2CCCC2)CC1. The van der Waals surface area contributed by atoms with E-state index in [2.05, 4.69) is 22.9 Å². The molecule has 17 heavy (non-hydrogen) atoms. The lowest BCUT2D eigenvalue weighted by molar-refractivity contribution is 0.0984. The zero-order chi connectivity index (χ0) is 12.1. The number of rotatable bonds is 5. The van der Waals surface area contributed by atoms with Crippen molar-refractivity contribution in [2.75, 3.05) is 5.33 Å². The summed E-state index contributed by atoms with van der Waals surface area (Å²) in [5.41, 5.74) is 0.694. The van der Waals surface area contributed by atoms with Crippen molar-refractivity contribution < 1.29 is 0 Å². The van der Waals surface area contributed by atoms with Crippen molar-refractivity contribution in [3.05, 3.63) is 0 Å². The summed E-state index contributed by atoms with van der Waals surface area (Å²) in [7, 11) is 0. The van der Waals surface area contributed by atoms with Crippen LogP contribution in [-0.4, -0.2) is 5.33 Å². The van der Waals surface area contributed by atoms with Gasteiger partial charge >= 0.3 is 0 Å². The summed E-state index contributed by atoms with van der Waals surface area (Å²) in [5.74, 6) is 2.11. The fourth-order valence-electron chi connectivity index (χ4n) is 4.22. The molecule has 0 saturated heterocycles. The zero-order valence-electron chi connectivity index (χ0n) is 11.5. The lowest BCUT2D eigenvalue weighted by atomic mass is 9.63. The third-order valence-electron chi connectivity index (χ3n) is 5.55. The number of alkyl halides is 1. The Hall–Kier alpha value is 0.480. The summed E-state index contributed by atoms with van der Waals surface area (Å²) in [6.45, 7) is 2.32. The van der Waals surface area contributed by atoms with Crippen LogP contribution in [0.4, 0.5) is 0 Å². The van der Waals surface area contributed by atoms with Gasteiger partial charge in [0, 0.05) is 5.33 Å². The van der Waals surface area contributed by atoms with E-state index in [1.165, 1.54) is 76.0 Å². The molecule has 2 fully saturated rings. The van der Waals surface area contributed by atoms with Crippen LogP contribution in [0.3, 0.4) is 0 Å². The van der Waals surface area contributed by atoms with Crippen LogP contribution in [0.5, 0.6) is 0 Å². The van der Waals surface area contributed by atoms with Crippen molar-refractivity contribution >= 4 is 15.9 Å². The second-order valence-electron chi connectivity index (χ2n) is 6.56. The van der Waals surface area contributed by atoms with Crippen LogP contribution < -0.4 is 0 Å². The molecule has 0 amide bonds. The predicted octanol–water partition coefficient (Wildman–Crippen LogP) is 5.94. The van der Waals surface area contributed by atoms with E-state index in [0.717, 1.165) is 11.8 Å². The first-order valence-electron chi connectivity index (χ1n) is 7.86. The largest absolute Gasteiger partial charge is 0.0922 e. The van der Waals surface area contributed by atoms with Gasteiger partial charge < -0.3 is 0 Å². The van der Waals surface area contributed by atoms with E-state index in [4.69, 9.17) is 0 Å². The molecule has 0 nitrogen and oxygen atoms in total. The van der Waals surface area contributed by atoms with Crippen molar-refractivity contribution in [2.24, 2.45) is 17.3 Å². The first-order chi connectivity index (χ1) is 8.30. The molecule has 0 atom stereocenters. The van der Waals surface area contributed by atoms with Crippen LogP contribution in [0, 0.1) is 17.3 Å². The molecule has 0 aromatic carbocycles. The first-order valence-corrected chi connectivity index (χ1v) is 8.99. The number of unbranched alkanes of at least 4 members (excludes halogenated alkanes) is 1. The van der Waals surface area contributed by atoms with Crippen LogP contribution in [0.2, 0.25) is 0 Å². The van der Waals surface area contributed by atoms with Crippen LogP contribution in [0.15, 0.2) is 0 Å². The molecule has 0 aromatic heterocycles. The molecular formula is C16H29Br. The van der Waals surface area contributed by atoms with Gasteiger partial charge in [-0.3, -0.25) is 0 Å². The third kappa shape index (κ3) is 3.28. The van der Waals surface area contributed by atoms with Gasteiger partial charge in [-0.1, -0.05) is 55.0 Å². The van der Waals surface area contributed by atoms with Crippen LogP contribution in [0.25, 0.3) is 0 Å². The molecule has 0 aromatic rings. The summed E-state index contributed by atoms with van der Waals surface area (Å²) in [6.07, 6.45) is 16.4. The molecule has 0 bridgehead atoms. The minimum atomic E-state index is 0.694. The average molecular weight is 301 g/mol. The van der Waals surface area contributed by atoms with Gasteiger partial charge in [-0.15, -0.1) is 0 Å². The summed E-state index contributed by atoms with van der Waals surface area (Å²) >= 11 is 3.85. The highest BCUT2D eigenvalue weighted by Gasteiger charge is 2.41. The molecule has 0 heterocycles. The Labute approximate surface area is 116 Å². The van der Waals surface area contributed by atoms with E-state index in [-0.39, 0.29) is 0 Å². The number of hydrogen-bond donors (Lipinski definition) is 0. The van der Waals surface area contributed by atoms with Crippen molar-refractivity contribution in [1.29, 1.82) is 0 Å². The average Bonchev–Trinajstić information content (AvgIpc) is 2.91. The van der Waals surface area contributed by atoms with E-state index < -0.39 is 0 Å². The maximum absolute atomic E-state index is 3.85. The van der Waals surface area contributed by atoms with E-state index in [1.54, 1.807) is 0 Å². The Morgan fingerprint density at radius 2 is 1.71 bits per heavy atom. The van der Waals surface area contributed by atoms with Crippen molar-refractivity contribution in [2.45, 2.75) is 77.6 Å². The molecule has 0 aliphatic heterocycles. The number of halogens is 1. The predicted molar refractivity (Wildman–Crippen MR) is 79.7 cm³/mol. The minimum Gasteiger partial charge on any atom is -0.0922 e. The maximum atomic E-state index is 3.85. The summed E-state index contributed by atoms with van der Waals surface area (Å²) < 4.78 is 0. The molecule has 0 radical (unpaired) electrons. The molecule has 0 spiro atoms. The fraction of sp³-hybridized carbons (Fsp3) is 1.00. The van der Waals surface area contributed by atoms with Crippen molar-refractivity contribution in [1.82, 2.24) is 0 Å². The second kappa shape index (κ2) is 6.59. The van der Waals surface area contributed by atoms with E-state index in [1.807, 2.05) is 0 Å². The quantitative estimate of drug-likeness (QED) is 0.551. The summed E-state index contributed by atoms with van der Waals surface area (Å²) in [4.78, 5) is 0. The molecule has 2 rings (SSSR count). The smallest absolute Gasteiger partial charge is 0.00906 e. The monoisotopic (exact) mass is 300 g/mol. The van der Waals surface area contributed by atoms with Crippen LogP contribution in [-0.2, 0) is 0 Å². The van der Waals surface area contributed by atoms with Gasteiger partial charge in [0.05, 0.1) is 0 Å². The lowest BCUT2D eigenvalue weighted by Gasteiger charge is -2.43. The van der Waals surface area contributed by atoms with Gasteiger partial charge in [0.2, 0.25) is 0 Å². The Kier molecular flexibility index (Phi) is 5.39. The highest BCUT2D eigenvalue weighted by atomic mass is 79.9. The summed E-state index contributed by atoms with van der Waals surface area (Å²) in [6, 6.07) is 0. The van der Waals surface area contributed by atoms with Crippen molar-refractivity contribution in [3.63, 3.8) is 0 Å². The van der Waals surface area contributed by atoms with Crippen LogP contribution in [0.1, 0.15) is 77.6 Å². The van der Waals surface area contributed by atoms with Gasteiger partial charge in [-0.05, 0) is 55.8 Å². The highest BCUT2D eigenvalue weighted by Crippen LogP contribution is 2.51. The zero-order valence-corrected chi connectivity index (χ0v) is 13.1. The topological polar surface area (TPSA) is 0 Å². The van der Waals surface area contributed by atoms with Crippen molar-refractivity contribution in [3.8, 4) is 0 Å². The molecule has 0 N–H and O–H groups in total. The van der Waals surface area contributed by atoms with E-state index >= 15 is 0 Å². The van der Waals surface area contributed by atoms with Crippen LogP contribution >= 0.6 is 15.9 Å². The molecule has 2 saturated carbocycles. The Morgan fingerprint density at radius 3 is 2.24 bits per heavy atom. The third-order valence-corrected chi connectivity index (χ3v) is 6.67. The molecule has 2 aliphatic rings. The molecule has 0 unspecified atom stereocenters. The Balaban J connectivity index is 1.85. The van der Waals surface area contributed by atoms with E-state index in [9.17, 15) is 0 Å².